The average Bonchev–Trinajstić information content (AvgIpc) is 2.62. The molecule has 0 bridgehead atoms. The molecule has 25 heavy (non-hydrogen) atoms. The Kier molecular flexibility index (Phi) is 5.45. The predicted octanol–water partition coefficient (Wildman–Crippen LogP) is 3.40. The Balaban J connectivity index is 1.67. The minimum Gasteiger partial charge on any atom is -0.369 e. The van der Waals surface area contributed by atoms with Crippen molar-refractivity contribution in [2.45, 2.75) is 25.2 Å². The smallest absolute Gasteiger partial charge is 0.243 e. The van der Waals surface area contributed by atoms with E-state index >= 15 is 0 Å². The van der Waals surface area contributed by atoms with Crippen molar-refractivity contribution >= 4 is 15.7 Å². The Labute approximate surface area is 151 Å². The van der Waals surface area contributed by atoms with Crippen LogP contribution in [-0.4, -0.2) is 38.9 Å². The van der Waals surface area contributed by atoms with Crippen LogP contribution in [0.25, 0.3) is 0 Å². The maximum atomic E-state index is 12.9. The summed E-state index contributed by atoms with van der Waals surface area (Å²) < 4.78 is 27.3. The molecule has 1 saturated heterocycles. The van der Waals surface area contributed by atoms with Crippen LogP contribution in [0.3, 0.4) is 0 Å². The molecule has 5 heteroatoms. The quantitative estimate of drug-likeness (QED) is 0.822. The molecule has 1 aliphatic rings. The van der Waals surface area contributed by atoms with Gasteiger partial charge in [-0.3, -0.25) is 0 Å². The first kappa shape index (κ1) is 18.0. The highest BCUT2D eigenvalue weighted by molar-refractivity contribution is 7.89. The van der Waals surface area contributed by atoms with Crippen LogP contribution in [0.4, 0.5) is 5.69 Å². The molecular formula is C20H26N2O2S. The molecule has 0 aliphatic carbocycles. The van der Waals surface area contributed by atoms with Gasteiger partial charge < -0.3 is 4.90 Å². The molecule has 0 atom stereocenters. The number of benzene rings is 2. The van der Waals surface area contributed by atoms with Crippen molar-refractivity contribution in [2.75, 3.05) is 31.1 Å². The first-order chi connectivity index (χ1) is 12.0. The highest BCUT2D eigenvalue weighted by Gasteiger charge is 2.28. The van der Waals surface area contributed by atoms with Crippen LogP contribution in [-0.2, 0) is 16.4 Å². The molecule has 0 spiro atoms. The van der Waals surface area contributed by atoms with Gasteiger partial charge in [0.1, 0.15) is 0 Å². The molecule has 2 aromatic carbocycles. The van der Waals surface area contributed by atoms with Gasteiger partial charge >= 0.3 is 0 Å². The lowest BCUT2D eigenvalue weighted by atomic mass is 10.0. The van der Waals surface area contributed by atoms with Crippen LogP contribution in [0.1, 0.15) is 19.4 Å². The number of rotatable bonds is 5. The van der Waals surface area contributed by atoms with Crippen LogP contribution in [0.2, 0.25) is 0 Å². The second kappa shape index (κ2) is 7.58. The fourth-order valence-corrected chi connectivity index (χ4v) is 4.67. The van der Waals surface area contributed by atoms with Crippen LogP contribution in [0.15, 0.2) is 59.5 Å². The van der Waals surface area contributed by atoms with Crippen LogP contribution in [0.5, 0.6) is 0 Å². The van der Waals surface area contributed by atoms with Gasteiger partial charge in [-0.25, -0.2) is 8.42 Å². The number of hydrogen-bond donors (Lipinski definition) is 0. The molecule has 1 fully saturated rings. The van der Waals surface area contributed by atoms with E-state index in [1.807, 2.05) is 30.3 Å². The predicted molar refractivity (Wildman–Crippen MR) is 102 cm³/mol. The maximum absolute atomic E-state index is 12.9. The first-order valence-electron chi connectivity index (χ1n) is 8.86. The van der Waals surface area contributed by atoms with Gasteiger partial charge in [0.05, 0.1) is 4.90 Å². The second-order valence-electron chi connectivity index (χ2n) is 6.97. The number of nitrogens with zero attached hydrogens (tertiary/aromatic N) is 2. The van der Waals surface area contributed by atoms with Gasteiger partial charge in [-0.1, -0.05) is 44.2 Å². The third kappa shape index (κ3) is 4.22. The van der Waals surface area contributed by atoms with Crippen molar-refractivity contribution in [3.63, 3.8) is 0 Å². The molecule has 0 amide bonds. The van der Waals surface area contributed by atoms with E-state index in [-0.39, 0.29) is 0 Å². The maximum Gasteiger partial charge on any atom is 0.243 e. The third-order valence-corrected chi connectivity index (χ3v) is 6.48. The van der Waals surface area contributed by atoms with Crippen LogP contribution >= 0.6 is 0 Å². The molecule has 0 aromatic heterocycles. The number of anilines is 1. The zero-order valence-electron chi connectivity index (χ0n) is 14.9. The summed E-state index contributed by atoms with van der Waals surface area (Å²) in [5.74, 6) is 0.563. The topological polar surface area (TPSA) is 40.6 Å². The monoisotopic (exact) mass is 358 g/mol. The van der Waals surface area contributed by atoms with Crippen LogP contribution < -0.4 is 4.90 Å². The molecular weight excluding hydrogens is 332 g/mol. The molecule has 1 heterocycles. The molecule has 1 aliphatic heterocycles. The third-order valence-electron chi connectivity index (χ3n) is 4.57. The molecule has 0 N–H and O–H groups in total. The van der Waals surface area contributed by atoms with Crippen molar-refractivity contribution in [3.8, 4) is 0 Å². The summed E-state index contributed by atoms with van der Waals surface area (Å²) in [5.41, 5.74) is 2.33. The van der Waals surface area contributed by atoms with Gasteiger partial charge in [-0.2, -0.15) is 4.31 Å². The molecule has 2 aromatic rings. The number of para-hydroxylation sites is 1. The van der Waals surface area contributed by atoms with E-state index in [9.17, 15) is 8.42 Å². The van der Waals surface area contributed by atoms with E-state index in [0.717, 1.165) is 12.1 Å². The van der Waals surface area contributed by atoms with Crippen molar-refractivity contribution in [3.05, 3.63) is 60.2 Å². The van der Waals surface area contributed by atoms with Gasteiger partial charge in [-0.05, 0) is 42.2 Å². The summed E-state index contributed by atoms with van der Waals surface area (Å²) >= 11 is 0. The molecule has 0 saturated carbocycles. The van der Waals surface area contributed by atoms with Crippen molar-refractivity contribution in [2.24, 2.45) is 5.92 Å². The van der Waals surface area contributed by atoms with Gasteiger partial charge in [0.2, 0.25) is 10.0 Å². The Hall–Kier alpha value is -1.85. The number of piperazine rings is 1. The summed E-state index contributed by atoms with van der Waals surface area (Å²) in [6, 6.07) is 17.5. The zero-order chi connectivity index (χ0) is 17.9. The summed E-state index contributed by atoms with van der Waals surface area (Å²) in [7, 11) is -3.41. The Morgan fingerprint density at radius 1 is 0.880 bits per heavy atom. The molecule has 0 radical (unpaired) electrons. The summed E-state index contributed by atoms with van der Waals surface area (Å²) in [6.07, 6.45) is 0.968. The van der Waals surface area contributed by atoms with E-state index in [4.69, 9.17) is 0 Å². The lowest BCUT2D eigenvalue weighted by Crippen LogP contribution is -2.48. The molecule has 3 rings (SSSR count). The lowest BCUT2D eigenvalue weighted by molar-refractivity contribution is 0.385. The SMILES string of the molecule is CC(C)Cc1ccc(S(=O)(=O)N2CCN(c3ccccc3)CC2)cc1. The van der Waals surface area contributed by atoms with Gasteiger partial charge in [0.25, 0.3) is 0 Å². The molecule has 134 valence electrons. The lowest BCUT2D eigenvalue weighted by Gasteiger charge is -2.35. The number of sulfonamides is 1. The molecule has 0 unspecified atom stereocenters. The molecule has 4 nitrogen and oxygen atoms in total. The Bertz CT molecular complexity index is 778. The van der Waals surface area contributed by atoms with Gasteiger partial charge in [0, 0.05) is 31.9 Å². The van der Waals surface area contributed by atoms with Crippen molar-refractivity contribution < 1.29 is 8.42 Å². The minimum absolute atomic E-state index is 0.396. The highest BCUT2D eigenvalue weighted by Crippen LogP contribution is 2.21. The van der Waals surface area contributed by atoms with E-state index in [1.165, 1.54) is 5.56 Å². The first-order valence-corrected chi connectivity index (χ1v) is 10.3. The van der Waals surface area contributed by atoms with E-state index < -0.39 is 10.0 Å². The average molecular weight is 359 g/mol. The van der Waals surface area contributed by atoms with Crippen molar-refractivity contribution in [1.82, 2.24) is 4.31 Å². The fraction of sp³-hybridized carbons (Fsp3) is 0.400. The Morgan fingerprint density at radius 2 is 1.48 bits per heavy atom. The second-order valence-corrected chi connectivity index (χ2v) is 8.91. The highest BCUT2D eigenvalue weighted by atomic mass is 32.2. The summed E-state index contributed by atoms with van der Waals surface area (Å²) in [5, 5.41) is 0. The van der Waals surface area contributed by atoms with Gasteiger partial charge in [-0.15, -0.1) is 0 Å². The Morgan fingerprint density at radius 3 is 2.04 bits per heavy atom. The fourth-order valence-electron chi connectivity index (χ4n) is 3.24. The van der Waals surface area contributed by atoms with Gasteiger partial charge in [0.15, 0.2) is 0 Å². The largest absolute Gasteiger partial charge is 0.369 e. The van der Waals surface area contributed by atoms with Crippen molar-refractivity contribution in [1.29, 1.82) is 0 Å². The van der Waals surface area contributed by atoms with Crippen LogP contribution in [0, 0.1) is 5.92 Å². The van der Waals surface area contributed by atoms with E-state index in [1.54, 1.807) is 16.4 Å². The summed E-state index contributed by atoms with van der Waals surface area (Å²) in [6.45, 7) is 6.80. The zero-order valence-corrected chi connectivity index (χ0v) is 15.7. The van der Waals surface area contributed by atoms with E-state index in [0.29, 0.717) is 37.0 Å². The summed E-state index contributed by atoms with van der Waals surface area (Å²) in [4.78, 5) is 2.63. The number of hydrogen-bond acceptors (Lipinski definition) is 3. The minimum atomic E-state index is -3.41. The van der Waals surface area contributed by atoms with E-state index in [2.05, 4.69) is 30.9 Å². The normalized spacial score (nSPS) is 16.4. The standard InChI is InChI=1S/C20H26N2O2S/c1-17(2)16-18-8-10-20(11-9-18)25(23,24)22-14-12-21(13-15-22)19-6-4-3-5-7-19/h3-11,17H,12-16H2,1-2H3.